The van der Waals surface area contributed by atoms with Crippen molar-refractivity contribution in [3.8, 4) is 11.5 Å². The lowest BCUT2D eigenvalue weighted by molar-refractivity contribution is -0.121. The molecule has 0 aliphatic heterocycles. The number of ether oxygens (including phenoxy) is 1. The standard InChI is InChI=1S/C17H18F2N2O2/c1-10(17(21)22)6-12-7-14(4-2-11(12)9-20)23-16-5-3-13(18)8-15(16)19/h2-5,7-8,10H,6,9,20H2,1H3,(H2,21,22). The quantitative estimate of drug-likeness (QED) is 0.859. The van der Waals surface area contributed by atoms with Gasteiger partial charge in [0.1, 0.15) is 11.6 Å². The number of hydrogen-bond donors (Lipinski definition) is 2. The molecule has 0 heterocycles. The number of nitrogens with two attached hydrogens (primary N) is 2. The van der Waals surface area contributed by atoms with Crippen LogP contribution < -0.4 is 16.2 Å². The van der Waals surface area contributed by atoms with Gasteiger partial charge in [-0.1, -0.05) is 13.0 Å². The number of halogens is 2. The van der Waals surface area contributed by atoms with Crippen LogP contribution in [-0.2, 0) is 17.8 Å². The molecule has 23 heavy (non-hydrogen) atoms. The summed E-state index contributed by atoms with van der Waals surface area (Å²) in [4.78, 5) is 11.2. The Morgan fingerprint density at radius 3 is 2.52 bits per heavy atom. The monoisotopic (exact) mass is 320 g/mol. The smallest absolute Gasteiger partial charge is 0.220 e. The summed E-state index contributed by atoms with van der Waals surface area (Å²) in [5.41, 5.74) is 12.6. The highest BCUT2D eigenvalue weighted by Crippen LogP contribution is 2.27. The summed E-state index contributed by atoms with van der Waals surface area (Å²) in [5, 5.41) is 0. The average molecular weight is 320 g/mol. The Morgan fingerprint density at radius 1 is 1.17 bits per heavy atom. The van der Waals surface area contributed by atoms with E-state index in [-0.39, 0.29) is 11.7 Å². The first-order valence-electron chi connectivity index (χ1n) is 7.14. The molecular formula is C17H18F2N2O2. The van der Waals surface area contributed by atoms with Crippen LogP contribution in [-0.4, -0.2) is 5.91 Å². The molecule has 2 rings (SSSR count). The Balaban J connectivity index is 2.27. The van der Waals surface area contributed by atoms with Crippen molar-refractivity contribution in [2.24, 2.45) is 17.4 Å². The third kappa shape index (κ3) is 4.26. The molecule has 0 aliphatic rings. The number of rotatable bonds is 6. The predicted octanol–water partition coefficient (Wildman–Crippen LogP) is 2.88. The van der Waals surface area contributed by atoms with Gasteiger partial charge in [0.25, 0.3) is 0 Å². The number of benzene rings is 2. The summed E-state index contributed by atoms with van der Waals surface area (Å²) in [5.74, 6) is -1.95. The molecule has 0 aliphatic carbocycles. The van der Waals surface area contributed by atoms with Crippen molar-refractivity contribution in [2.75, 3.05) is 0 Å². The Kier molecular flexibility index (Phi) is 5.28. The number of carbonyl (C=O) groups is 1. The van der Waals surface area contributed by atoms with Crippen LogP contribution in [0, 0.1) is 17.6 Å². The Labute approximate surface area is 133 Å². The van der Waals surface area contributed by atoms with Gasteiger partial charge in [0, 0.05) is 18.5 Å². The van der Waals surface area contributed by atoms with Gasteiger partial charge in [-0.15, -0.1) is 0 Å². The number of hydrogen-bond acceptors (Lipinski definition) is 3. The van der Waals surface area contributed by atoms with E-state index in [4.69, 9.17) is 16.2 Å². The van der Waals surface area contributed by atoms with Crippen molar-refractivity contribution >= 4 is 5.91 Å². The maximum absolute atomic E-state index is 13.7. The van der Waals surface area contributed by atoms with Crippen molar-refractivity contribution in [3.05, 3.63) is 59.2 Å². The zero-order valence-electron chi connectivity index (χ0n) is 12.7. The van der Waals surface area contributed by atoms with Gasteiger partial charge in [-0.05, 0) is 41.8 Å². The molecule has 1 atom stereocenters. The van der Waals surface area contributed by atoms with Gasteiger partial charge in [0.15, 0.2) is 11.6 Å². The molecule has 0 aromatic heterocycles. The van der Waals surface area contributed by atoms with Crippen molar-refractivity contribution in [1.82, 2.24) is 0 Å². The lowest BCUT2D eigenvalue weighted by Crippen LogP contribution is -2.23. The van der Waals surface area contributed by atoms with Crippen LogP contribution in [0.15, 0.2) is 36.4 Å². The van der Waals surface area contributed by atoms with E-state index in [1.54, 1.807) is 25.1 Å². The second-order valence-electron chi connectivity index (χ2n) is 5.32. The van der Waals surface area contributed by atoms with Crippen molar-refractivity contribution < 1.29 is 18.3 Å². The molecule has 122 valence electrons. The van der Waals surface area contributed by atoms with Gasteiger partial charge in [0.05, 0.1) is 0 Å². The third-order valence-corrected chi connectivity index (χ3v) is 3.53. The fourth-order valence-electron chi connectivity index (χ4n) is 2.17. The van der Waals surface area contributed by atoms with Crippen LogP contribution in [0.2, 0.25) is 0 Å². The van der Waals surface area contributed by atoms with Gasteiger partial charge in [-0.25, -0.2) is 8.78 Å². The highest BCUT2D eigenvalue weighted by Gasteiger charge is 2.14. The van der Waals surface area contributed by atoms with Crippen LogP contribution in [0.3, 0.4) is 0 Å². The minimum Gasteiger partial charge on any atom is -0.454 e. The minimum absolute atomic E-state index is 0.0826. The van der Waals surface area contributed by atoms with Crippen LogP contribution in [0.5, 0.6) is 11.5 Å². The first-order valence-corrected chi connectivity index (χ1v) is 7.14. The van der Waals surface area contributed by atoms with E-state index in [9.17, 15) is 13.6 Å². The number of carbonyl (C=O) groups excluding carboxylic acids is 1. The molecule has 0 spiro atoms. The zero-order valence-corrected chi connectivity index (χ0v) is 12.7. The fourth-order valence-corrected chi connectivity index (χ4v) is 2.17. The highest BCUT2D eigenvalue weighted by atomic mass is 19.1. The highest BCUT2D eigenvalue weighted by molar-refractivity contribution is 5.76. The fraction of sp³-hybridized carbons (Fsp3) is 0.235. The van der Waals surface area contributed by atoms with E-state index in [1.807, 2.05) is 0 Å². The molecule has 0 radical (unpaired) electrons. The lowest BCUT2D eigenvalue weighted by atomic mass is 9.96. The minimum atomic E-state index is -0.792. The maximum Gasteiger partial charge on any atom is 0.220 e. The van der Waals surface area contributed by atoms with Gasteiger partial charge in [-0.2, -0.15) is 0 Å². The molecule has 6 heteroatoms. The van der Waals surface area contributed by atoms with Gasteiger partial charge in [0.2, 0.25) is 5.91 Å². The second-order valence-corrected chi connectivity index (χ2v) is 5.32. The molecule has 0 fully saturated rings. The van der Waals surface area contributed by atoms with Crippen LogP contribution in [0.1, 0.15) is 18.1 Å². The van der Waals surface area contributed by atoms with Crippen molar-refractivity contribution in [3.63, 3.8) is 0 Å². The zero-order chi connectivity index (χ0) is 17.0. The summed E-state index contributed by atoms with van der Waals surface area (Å²) in [6.45, 7) is 2.02. The Bertz CT molecular complexity index is 720. The van der Waals surface area contributed by atoms with Gasteiger partial charge in [-0.3, -0.25) is 4.79 Å². The molecular weight excluding hydrogens is 302 g/mol. The lowest BCUT2D eigenvalue weighted by Gasteiger charge is -2.14. The normalized spacial score (nSPS) is 12.0. The average Bonchev–Trinajstić information content (AvgIpc) is 2.50. The third-order valence-electron chi connectivity index (χ3n) is 3.53. The molecule has 1 unspecified atom stereocenters. The molecule has 2 aromatic rings. The van der Waals surface area contributed by atoms with Gasteiger partial charge >= 0.3 is 0 Å². The molecule has 4 nitrogen and oxygen atoms in total. The summed E-state index contributed by atoms with van der Waals surface area (Å²) in [7, 11) is 0. The van der Waals surface area contributed by atoms with E-state index in [2.05, 4.69) is 0 Å². The van der Waals surface area contributed by atoms with E-state index < -0.39 is 17.5 Å². The van der Waals surface area contributed by atoms with E-state index in [0.717, 1.165) is 23.3 Å². The topological polar surface area (TPSA) is 78.3 Å². The van der Waals surface area contributed by atoms with Crippen molar-refractivity contribution in [1.29, 1.82) is 0 Å². The Morgan fingerprint density at radius 2 is 1.91 bits per heavy atom. The van der Waals surface area contributed by atoms with E-state index in [1.165, 1.54) is 6.07 Å². The van der Waals surface area contributed by atoms with Gasteiger partial charge < -0.3 is 16.2 Å². The van der Waals surface area contributed by atoms with Crippen molar-refractivity contribution in [2.45, 2.75) is 19.9 Å². The van der Waals surface area contributed by atoms with E-state index >= 15 is 0 Å². The number of primary amides is 1. The largest absolute Gasteiger partial charge is 0.454 e. The Hall–Kier alpha value is -2.47. The molecule has 2 aromatic carbocycles. The summed E-state index contributed by atoms with van der Waals surface area (Å²) >= 11 is 0. The van der Waals surface area contributed by atoms with Crippen LogP contribution in [0.25, 0.3) is 0 Å². The summed E-state index contributed by atoms with van der Waals surface area (Å²) < 4.78 is 32.0. The molecule has 0 saturated heterocycles. The van der Waals surface area contributed by atoms with E-state index in [0.29, 0.717) is 18.7 Å². The molecule has 1 amide bonds. The predicted molar refractivity (Wildman–Crippen MR) is 82.8 cm³/mol. The second kappa shape index (κ2) is 7.19. The summed E-state index contributed by atoms with van der Waals surface area (Å²) in [6, 6.07) is 8.16. The molecule has 0 bridgehead atoms. The SMILES string of the molecule is CC(Cc1cc(Oc2ccc(F)cc2F)ccc1CN)C(N)=O. The molecule has 4 N–H and O–H groups in total. The first-order chi connectivity index (χ1) is 10.9. The van der Waals surface area contributed by atoms with Crippen LogP contribution in [0.4, 0.5) is 8.78 Å². The maximum atomic E-state index is 13.7. The van der Waals surface area contributed by atoms with Crippen LogP contribution >= 0.6 is 0 Å². The first kappa shape index (κ1) is 16.9. The summed E-state index contributed by atoms with van der Waals surface area (Å²) in [6.07, 6.45) is 0.408. The number of amides is 1. The molecule has 0 saturated carbocycles.